The molecule has 0 radical (unpaired) electrons. The van der Waals surface area contributed by atoms with Crippen molar-refractivity contribution in [3.05, 3.63) is 57.2 Å². The maximum atomic E-state index is 12.1. The van der Waals surface area contributed by atoms with Crippen LogP contribution in [0.3, 0.4) is 0 Å². The van der Waals surface area contributed by atoms with Gasteiger partial charge in [-0.05, 0) is 34.5 Å². The third kappa shape index (κ3) is 4.54. The number of ether oxygens (including phenoxy) is 1. The van der Waals surface area contributed by atoms with Crippen molar-refractivity contribution >= 4 is 28.8 Å². The van der Waals surface area contributed by atoms with Gasteiger partial charge < -0.3 is 15.2 Å². The third-order valence-electron chi connectivity index (χ3n) is 2.89. The van der Waals surface area contributed by atoms with Crippen LogP contribution in [0.4, 0.5) is 0 Å². The fraction of sp³-hybridized carbons (Fsp3) is 0.267. The molecule has 1 amide bonds. The van der Waals surface area contributed by atoms with Crippen LogP contribution in [0, 0.1) is 0 Å². The Kier molecular flexibility index (Phi) is 6.20. The number of amides is 1. The maximum absolute atomic E-state index is 12.1. The second kappa shape index (κ2) is 8.14. The molecule has 1 heterocycles. The van der Waals surface area contributed by atoms with E-state index in [0.717, 1.165) is 5.56 Å². The lowest BCUT2D eigenvalue weighted by atomic mass is 10.1. The van der Waals surface area contributed by atoms with Crippen molar-refractivity contribution in [1.29, 1.82) is 0 Å². The fourth-order valence-corrected chi connectivity index (χ4v) is 2.78. The Balaban J connectivity index is 1.98. The van der Waals surface area contributed by atoms with Crippen molar-refractivity contribution < 1.29 is 14.6 Å². The first kappa shape index (κ1) is 16.0. The van der Waals surface area contributed by atoms with Crippen LogP contribution in [0.25, 0.3) is 0 Å². The van der Waals surface area contributed by atoms with Crippen LogP contribution >= 0.6 is 22.9 Å². The molecule has 0 fully saturated rings. The molecule has 2 aromatic rings. The molecule has 0 aliphatic rings. The number of hydrogen-bond donors (Lipinski definition) is 2. The number of thiophene rings is 1. The van der Waals surface area contributed by atoms with Gasteiger partial charge in [-0.25, -0.2) is 0 Å². The number of hydrogen-bond acceptors (Lipinski definition) is 4. The molecule has 0 unspecified atom stereocenters. The summed E-state index contributed by atoms with van der Waals surface area (Å²) in [6.07, 6.45) is -0.283. The average molecular weight is 326 g/mol. The van der Waals surface area contributed by atoms with Crippen LogP contribution in [0.15, 0.2) is 41.1 Å². The number of aliphatic hydroxyl groups excluding tert-OH is 1. The van der Waals surface area contributed by atoms with Crippen molar-refractivity contribution in [3.63, 3.8) is 0 Å². The summed E-state index contributed by atoms with van der Waals surface area (Å²) in [5.41, 5.74) is 1.42. The molecule has 1 aromatic carbocycles. The highest BCUT2D eigenvalue weighted by Crippen LogP contribution is 2.20. The van der Waals surface area contributed by atoms with E-state index in [4.69, 9.17) is 21.4 Å². The van der Waals surface area contributed by atoms with E-state index in [2.05, 4.69) is 5.32 Å². The van der Waals surface area contributed by atoms with Crippen molar-refractivity contribution in [2.45, 2.75) is 6.10 Å². The van der Waals surface area contributed by atoms with Gasteiger partial charge in [0.1, 0.15) is 6.10 Å². The second-order valence-corrected chi connectivity index (χ2v) is 5.52. The number of carbonyl (C=O) groups excluding carboxylic acids is 1. The van der Waals surface area contributed by atoms with Crippen molar-refractivity contribution in [3.8, 4) is 0 Å². The largest absolute Gasteiger partial charge is 0.394 e. The first-order valence-corrected chi connectivity index (χ1v) is 7.81. The average Bonchev–Trinajstić information content (AvgIpc) is 3.01. The smallest absolute Gasteiger partial charge is 0.252 e. The van der Waals surface area contributed by atoms with Gasteiger partial charge in [0.05, 0.1) is 23.8 Å². The van der Waals surface area contributed by atoms with E-state index in [1.54, 1.807) is 35.6 Å². The Hall–Kier alpha value is -1.40. The van der Waals surface area contributed by atoms with Crippen molar-refractivity contribution in [2.24, 2.45) is 0 Å². The summed E-state index contributed by atoms with van der Waals surface area (Å²) >= 11 is 7.55. The first-order valence-electron chi connectivity index (χ1n) is 6.49. The second-order valence-electron chi connectivity index (χ2n) is 4.33. The molecule has 0 aliphatic carbocycles. The Bertz CT molecular complexity index is 574. The molecule has 1 aromatic heterocycles. The fourth-order valence-electron chi connectivity index (χ4n) is 1.85. The zero-order valence-corrected chi connectivity index (χ0v) is 12.9. The molecular formula is C15H16ClNO3S. The minimum absolute atomic E-state index is 0.0565. The quantitative estimate of drug-likeness (QED) is 0.823. The number of carbonyl (C=O) groups is 1. The highest BCUT2D eigenvalue weighted by atomic mass is 35.5. The van der Waals surface area contributed by atoms with Crippen LogP contribution in [0.2, 0.25) is 5.02 Å². The van der Waals surface area contributed by atoms with Crippen LogP contribution in [0.1, 0.15) is 22.0 Å². The Morgan fingerprint density at radius 2 is 2.19 bits per heavy atom. The van der Waals surface area contributed by atoms with Crippen molar-refractivity contribution in [2.75, 3.05) is 19.8 Å². The van der Waals surface area contributed by atoms with E-state index in [9.17, 15) is 4.79 Å². The van der Waals surface area contributed by atoms with Gasteiger partial charge in [-0.2, -0.15) is 11.3 Å². The summed E-state index contributed by atoms with van der Waals surface area (Å²) in [4.78, 5) is 12.1. The molecule has 0 saturated carbocycles. The van der Waals surface area contributed by atoms with E-state index >= 15 is 0 Å². The first-order chi connectivity index (χ1) is 10.2. The summed E-state index contributed by atoms with van der Waals surface area (Å²) in [7, 11) is 0. The highest BCUT2D eigenvalue weighted by molar-refractivity contribution is 7.07. The van der Waals surface area contributed by atoms with E-state index in [-0.39, 0.29) is 25.2 Å². The van der Waals surface area contributed by atoms with Crippen LogP contribution < -0.4 is 5.32 Å². The Morgan fingerprint density at radius 3 is 2.86 bits per heavy atom. The molecule has 0 spiro atoms. The maximum Gasteiger partial charge on any atom is 0.252 e. The molecule has 0 bridgehead atoms. The zero-order chi connectivity index (χ0) is 15.1. The summed E-state index contributed by atoms with van der Waals surface area (Å²) < 4.78 is 5.56. The number of aliphatic hydroxyl groups is 1. The molecule has 2 rings (SSSR count). The van der Waals surface area contributed by atoms with E-state index < -0.39 is 0 Å². The van der Waals surface area contributed by atoms with Crippen LogP contribution in [-0.4, -0.2) is 30.8 Å². The van der Waals surface area contributed by atoms with Gasteiger partial charge in [-0.1, -0.05) is 23.7 Å². The van der Waals surface area contributed by atoms with Gasteiger partial charge in [0, 0.05) is 6.54 Å². The number of nitrogens with one attached hydrogen (secondary N) is 1. The Labute approximate surface area is 132 Å². The van der Waals surface area contributed by atoms with Crippen molar-refractivity contribution in [1.82, 2.24) is 5.32 Å². The SMILES string of the molecule is O=C(NC[C@H](OCCO)c1ccsc1)c1ccccc1Cl. The minimum Gasteiger partial charge on any atom is -0.394 e. The van der Waals surface area contributed by atoms with E-state index in [1.807, 2.05) is 16.8 Å². The lowest BCUT2D eigenvalue weighted by Crippen LogP contribution is -2.30. The molecular weight excluding hydrogens is 310 g/mol. The van der Waals surface area contributed by atoms with Crippen LogP contribution in [0.5, 0.6) is 0 Å². The molecule has 2 N–H and O–H groups in total. The van der Waals surface area contributed by atoms with Gasteiger partial charge >= 0.3 is 0 Å². The summed E-state index contributed by atoms with van der Waals surface area (Å²) in [6, 6.07) is 8.83. The monoisotopic (exact) mass is 325 g/mol. The normalized spacial score (nSPS) is 12.1. The molecule has 6 heteroatoms. The summed E-state index contributed by atoms with van der Waals surface area (Å²) in [5.74, 6) is -0.242. The highest BCUT2D eigenvalue weighted by Gasteiger charge is 2.15. The van der Waals surface area contributed by atoms with Gasteiger partial charge in [-0.15, -0.1) is 0 Å². The third-order valence-corrected chi connectivity index (χ3v) is 3.92. The van der Waals surface area contributed by atoms with Crippen LogP contribution in [-0.2, 0) is 4.74 Å². The predicted molar refractivity (Wildman–Crippen MR) is 83.9 cm³/mol. The van der Waals surface area contributed by atoms with E-state index in [1.165, 1.54) is 0 Å². The number of rotatable bonds is 7. The molecule has 112 valence electrons. The molecule has 1 atom stereocenters. The van der Waals surface area contributed by atoms with Gasteiger partial charge in [0.25, 0.3) is 5.91 Å². The van der Waals surface area contributed by atoms with Gasteiger partial charge in [0.2, 0.25) is 0 Å². The zero-order valence-electron chi connectivity index (χ0n) is 11.3. The summed E-state index contributed by atoms with van der Waals surface area (Å²) in [5, 5.41) is 16.0. The molecule has 0 aliphatic heterocycles. The van der Waals surface area contributed by atoms with Gasteiger partial charge in [0.15, 0.2) is 0 Å². The molecule has 0 saturated heterocycles. The molecule has 21 heavy (non-hydrogen) atoms. The standard InChI is InChI=1S/C15H16ClNO3S/c16-13-4-2-1-3-12(13)15(19)17-9-14(20-7-6-18)11-5-8-21-10-11/h1-5,8,10,14,18H,6-7,9H2,(H,17,19)/t14-/m0/s1. The topological polar surface area (TPSA) is 58.6 Å². The molecule has 4 nitrogen and oxygen atoms in total. The number of benzene rings is 1. The lowest BCUT2D eigenvalue weighted by molar-refractivity contribution is 0.0279. The van der Waals surface area contributed by atoms with E-state index in [0.29, 0.717) is 17.1 Å². The lowest BCUT2D eigenvalue weighted by Gasteiger charge is -2.17. The van der Waals surface area contributed by atoms with Gasteiger partial charge in [-0.3, -0.25) is 4.79 Å². The predicted octanol–water partition coefficient (Wildman–Crippen LogP) is 2.88. The number of halogens is 1. The summed E-state index contributed by atoms with van der Waals surface area (Å²) in [6.45, 7) is 0.488. The Morgan fingerprint density at radius 1 is 1.38 bits per heavy atom. The minimum atomic E-state index is -0.283.